The Morgan fingerprint density at radius 3 is 2.55 bits per heavy atom. The summed E-state index contributed by atoms with van der Waals surface area (Å²) in [5, 5.41) is 0. The third kappa shape index (κ3) is 4.39. The number of hydrogen-bond acceptors (Lipinski definition) is 5. The first-order chi connectivity index (χ1) is 13.8. The van der Waals surface area contributed by atoms with Gasteiger partial charge < -0.3 is 4.74 Å². The number of nitrogens with zero attached hydrogens (tertiary/aromatic N) is 1. The monoisotopic (exact) mass is 434 g/mol. The van der Waals surface area contributed by atoms with Crippen molar-refractivity contribution < 1.29 is 13.2 Å². The summed E-state index contributed by atoms with van der Waals surface area (Å²) in [6, 6.07) is 10.2. The van der Waals surface area contributed by atoms with Gasteiger partial charge in [-0.05, 0) is 55.2 Å². The molecule has 0 spiro atoms. The lowest BCUT2D eigenvalue weighted by molar-refractivity contribution is 0.411. The molecule has 0 amide bonds. The van der Waals surface area contributed by atoms with E-state index in [1.165, 1.54) is 0 Å². The summed E-state index contributed by atoms with van der Waals surface area (Å²) in [5.74, 6) is 0.767. The van der Waals surface area contributed by atoms with E-state index in [9.17, 15) is 13.2 Å². The van der Waals surface area contributed by atoms with Crippen LogP contribution in [0.2, 0.25) is 0 Å². The number of nitrogens with one attached hydrogen (secondary N) is 1. The van der Waals surface area contributed by atoms with Gasteiger partial charge in [0.15, 0.2) is 0 Å². The van der Waals surface area contributed by atoms with Gasteiger partial charge in [-0.2, -0.15) is 0 Å². The van der Waals surface area contributed by atoms with Crippen molar-refractivity contribution in [3.8, 4) is 5.75 Å². The summed E-state index contributed by atoms with van der Waals surface area (Å²) in [6.45, 7) is 6.50. The Bertz CT molecular complexity index is 1180. The highest BCUT2D eigenvalue weighted by atomic mass is 32.2. The molecule has 0 aliphatic rings. The van der Waals surface area contributed by atoms with Crippen LogP contribution in [0.3, 0.4) is 0 Å². The van der Waals surface area contributed by atoms with E-state index in [0.29, 0.717) is 17.7 Å². The van der Waals surface area contributed by atoms with Gasteiger partial charge in [0.2, 0.25) is 10.0 Å². The zero-order valence-corrected chi connectivity index (χ0v) is 18.7. The fourth-order valence-electron chi connectivity index (χ4n) is 3.41. The number of thiazole rings is 1. The van der Waals surface area contributed by atoms with Crippen LogP contribution >= 0.6 is 11.3 Å². The summed E-state index contributed by atoms with van der Waals surface area (Å²) < 4.78 is 36.5. The van der Waals surface area contributed by atoms with Gasteiger partial charge >= 0.3 is 4.87 Å². The molecule has 2 aromatic carbocycles. The van der Waals surface area contributed by atoms with Gasteiger partial charge in [0.1, 0.15) is 5.75 Å². The summed E-state index contributed by atoms with van der Waals surface area (Å²) in [7, 11) is -2.13. The smallest absolute Gasteiger partial charge is 0.308 e. The summed E-state index contributed by atoms with van der Waals surface area (Å²) in [5.41, 5.74) is 2.61. The number of aryl methyl sites for hydroxylation is 2. The van der Waals surface area contributed by atoms with Crippen LogP contribution < -0.4 is 14.3 Å². The molecule has 0 aliphatic carbocycles. The van der Waals surface area contributed by atoms with E-state index in [-0.39, 0.29) is 15.8 Å². The average Bonchev–Trinajstić information content (AvgIpc) is 3.01. The minimum absolute atomic E-state index is 0.0653. The number of methoxy groups -OCH3 is 1. The van der Waals surface area contributed by atoms with E-state index in [0.717, 1.165) is 40.2 Å². The highest BCUT2D eigenvalue weighted by Crippen LogP contribution is 2.27. The van der Waals surface area contributed by atoms with E-state index in [1.54, 1.807) is 29.9 Å². The number of fused-ring (bicyclic) bond motifs is 1. The molecule has 1 atom stereocenters. The van der Waals surface area contributed by atoms with Gasteiger partial charge in [-0.1, -0.05) is 37.3 Å². The summed E-state index contributed by atoms with van der Waals surface area (Å²) >= 11 is 1.08. The molecule has 3 aromatic rings. The molecule has 6 nitrogen and oxygen atoms in total. The molecule has 8 heteroatoms. The van der Waals surface area contributed by atoms with E-state index in [1.807, 2.05) is 39.0 Å². The first-order valence-corrected chi connectivity index (χ1v) is 11.9. The van der Waals surface area contributed by atoms with Crippen molar-refractivity contribution in [2.75, 3.05) is 7.11 Å². The highest BCUT2D eigenvalue weighted by Gasteiger charge is 2.22. The van der Waals surface area contributed by atoms with Crippen molar-refractivity contribution in [3.05, 3.63) is 57.2 Å². The second-order valence-corrected chi connectivity index (χ2v) is 9.67. The molecule has 1 heterocycles. The fourth-order valence-corrected chi connectivity index (χ4v) is 5.77. The Kier molecular flexibility index (Phi) is 6.45. The Hall–Kier alpha value is -2.16. The first kappa shape index (κ1) is 21.5. The van der Waals surface area contributed by atoms with Gasteiger partial charge in [-0.25, -0.2) is 13.1 Å². The quantitative estimate of drug-likeness (QED) is 0.576. The molecule has 29 heavy (non-hydrogen) atoms. The normalized spacial score (nSPS) is 13.0. The SMILES string of the molecule is CCCn1c(=O)sc2cc(S(=O)(=O)NC(CC)c3ccc(OC)c(C)c3)ccc21. The van der Waals surface area contributed by atoms with Gasteiger partial charge in [0.05, 0.1) is 22.2 Å². The molecule has 0 fully saturated rings. The number of aromatic nitrogens is 1. The van der Waals surface area contributed by atoms with Crippen molar-refractivity contribution in [1.82, 2.24) is 9.29 Å². The number of ether oxygens (including phenoxy) is 1. The highest BCUT2D eigenvalue weighted by molar-refractivity contribution is 7.89. The molecule has 1 unspecified atom stereocenters. The predicted molar refractivity (Wildman–Crippen MR) is 117 cm³/mol. The molecule has 0 bridgehead atoms. The second-order valence-electron chi connectivity index (χ2n) is 6.96. The molecular formula is C21H26N2O4S2. The summed E-state index contributed by atoms with van der Waals surface area (Å²) in [6.07, 6.45) is 1.44. The lowest BCUT2D eigenvalue weighted by Gasteiger charge is -2.19. The van der Waals surface area contributed by atoms with Gasteiger partial charge in [-0.3, -0.25) is 9.36 Å². The average molecular weight is 435 g/mol. The van der Waals surface area contributed by atoms with Gasteiger partial charge in [0.25, 0.3) is 0 Å². The van der Waals surface area contributed by atoms with Crippen molar-refractivity contribution in [2.24, 2.45) is 0 Å². The van der Waals surface area contributed by atoms with Crippen molar-refractivity contribution in [1.29, 1.82) is 0 Å². The van der Waals surface area contributed by atoms with Gasteiger partial charge in [0, 0.05) is 12.6 Å². The van der Waals surface area contributed by atoms with Crippen LogP contribution in [0.1, 0.15) is 43.9 Å². The Morgan fingerprint density at radius 1 is 1.17 bits per heavy atom. The van der Waals surface area contributed by atoms with E-state index in [4.69, 9.17) is 4.74 Å². The Labute approximate surface area is 175 Å². The molecule has 0 aliphatic heterocycles. The zero-order valence-electron chi connectivity index (χ0n) is 17.1. The van der Waals surface area contributed by atoms with Crippen LogP contribution in [-0.4, -0.2) is 20.1 Å². The van der Waals surface area contributed by atoms with Crippen LogP contribution in [0.5, 0.6) is 5.75 Å². The second kappa shape index (κ2) is 8.69. The largest absolute Gasteiger partial charge is 0.496 e. The van der Waals surface area contributed by atoms with E-state index >= 15 is 0 Å². The van der Waals surface area contributed by atoms with Crippen LogP contribution in [0.25, 0.3) is 10.2 Å². The van der Waals surface area contributed by atoms with Crippen LogP contribution in [-0.2, 0) is 16.6 Å². The lowest BCUT2D eigenvalue weighted by atomic mass is 10.0. The Balaban J connectivity index is 1.93. The molecule has 156 valence electrons. The van der Waals surface area contributed by atoms with Crippen LogP contribution in [0.15, 0.2) is 46.1 Å². The van der Waals surface area contributed by atoms with E-state index < -0.39 is 10.0 Å². The third-order valence-electron chi connectivity index (χ3n) is 4.92. The number of hydrogen-bond donors (Lipinski definition) is 1. The zero-order chi connectivity index (χ0) is 21.2. The maximum atomic E-state index is 13.0. The molecular weight excluding hydrogens is 408 g/mol. The summed E-state index contributed by atoms with van der Waals surface area (Å²) in [4.78, 5) is 12.3. The number of benzene rings is 2. The standard InChI is InChI=1S/C21H26N2O4S2/c1-5-11-23-18-9-8-16(13-20(18)28-21(23)24)29(25,26)22-17(6-2)15-7-10-19(27-4)14(3)12-15/h7-10,12-13,17,22H,5-6,11H2,1-4H3. The minimum atomic E-state index is -3.74. The van der Waals surface area contributed by atoms with Gasteiger partial charge in [-0.15, -0.1) is 0 Å². The Morgan fingerprint density at radius 2 is 1.93 bits per heavy atom. The lowest BCUT2D eigenvalue weighted by Crippen LogP contribution is -2.28. The fraction of sp³-hybridized carbons (Fsp3) is 0.381. The van der Waals surface area contributed by atoms with Crippen LogP contribution in [0.4, 0.5) is 0 Å². The molecule has 3 rings (SSSR count). The van der Waals surface area contributed by atoms with Crippen molar-refractivity contribution in [2.45, 2.75) is 51.1 Å². The van der Waals surface area contributed by atoms with Crippen molar-refractivity contribution in [3.63, 3.8) is 0 Å². The van der Waals surface area contributed by atoms with Crippen LogP contribution in [0, 0.1) is 6.92 Å². The third-order valence-corrected chi connectivity index (χ3v) is 7.34. The predicted octanol–water partition coefficient (Wildman–Crippen LogP) is 4.22. The van der Waals surface area contributed by atoms with E-state index in [2.05, 4.69) is 4.72 Å². The number of rotatable bonds is 8. The molecule has 0 saturated heterocycles. The number of sulfonamides is 1. The molecule has 0 radical (unpaired) electrons. The molecule has 0 saturated carbocycles. The molecule has 1 N–H and O–H groups in total. The topological polar surface area (TPSA) is 77.4 Å². The first-order valence-electron chi connectivity index (χ1n) is 9.61. The molecule has 1 aromatic heterocycles. The minimum Gasteiger partial charge on any atom is -0.496 e. The maximum absolute atomic E-state index is 13.0. The maximum Gasteiger partial charge on any atom is 0.308 e. The van der Waals surface area contributed by atoms with Crippen molar-refractivity contribution >= 4 is 31.6 Å².